The fraction of sp³-hybridized carbons (Fsp3) is 0.300. The summed E-state index contributed by atoms with van der Waals surface area (Å²) in [6.07, 6.45) is 0.0796. The van der Waals surface area contributed by atoms with Crippen LogP contribution in [0, 0.1) is 11.6 Å². The highest BCUT2D eigenvalue weighted by molar-refractivity contribution is 5.95. The van der Waals surface area contributed by atoms with Gasteiger partial charge in [-0.25, -0.2) is 8.78 Å². The number of methoxy groups -OCH3 is 1. The minimum Gasteiger partial charge on any atom is -0.497 e. The van der Waals surface area contributed by atoms with Crippen LogP contribution in [0.1, 0.15) is 37.0 Å². The average Bonchev–Trinajstić information content (AvgIpc) is 2.59. The van der Waals surface area contributed by atoms with Gasteiger partial charge in [-0.15, -0.1) is 0 Å². The van der Waals surface area contributed by atoms with Crippen LogP contribution in [0.3, 0.4) is 0 Å². The van der Waals surface area contributed by atoms with Crippen LogP contribution in [-0.2, 0) is 4.79 Å². The molecule has 0 saturated carbocycles. The number of amides is 1. The molecule has 0 fully saturated rings. The predicted octanol–water partition coefficient (Wildman–Crippen LogP) is 4.01. The van der Waals surface area contributed by atoms with Crippen molar-refractivity contribution in [3.63, 3.8) is 0 Å². The van der Waals surface area contributed by atoms with Gasteiger partial charge in [0.25, 0.3) is 5.91 Å². The maximum absolute atomic E-state index is 14.5. The lowest BCUT2D eigenvalue weighted by Crippen LogP contribution is -2.44. The predicted molar refractivity (Wildman–Crippen MR) is 96.8 cm³/mol. The Kier molecular flexibility index (Phi) is 6.15. The molecule has 1 amide bonds. The molecule has 0 aliphatic rings. The summed E-state index contributed by atoms with van der Waals surface area (Å²) >= 11 is 0. The number of hydrogen-bond donors (Lipinski definition) is 2. The molecule has 0 atom stereocenters. The maximum atomic E-state index is 14.5. The van der Waals surface area contributed by atoms with E-state index >= 15 is 0 Å². The molecule has 144 valence electrons. The van der Waals surface area contributed by atoms with E-state index in [9.17, 15) is 18.4 Å². The van der Waals surface area contributed by atoms with Gasteiger partial charge >= 0.3 is 5.97 Å². The number of carboxylic acids is 1. The Labute approximate surface area is 156 Å². The van der Waals surface area contributed by atoms with Gasteiger partial charge in [-0.2, -0.15) is 0 Å². The minimum atomic E-state index is -0.977. The molecule has 27 heavy (non-hydrogen) atoms. The molecule has 7 heteroatoms. The van der Waals surface area contributed by atoms with E-state index in [1.165, 1.54) is 31.4 Å². The fourth-order valence-electron chi connectivity index (χ4n) is 2.58. The molecule has 0 aromatic heterocycles. The molecule has 2 aromatic carbocycles. The van der Waals surface area contributed by atoms with Crippen LogP contribution in [0.2, 0.25) is 0 Å². The SMILES string of the molecule is COc1ccc(-c2ccc(C(=O)NC(C)(C)CCC(=O)O)c(F)c2)c(F)c1. The first-order valence-corrected chi connectivity index (χ1v) is 8.31. The number of hydrogen-bond acceptors (Lipinski definition) is 3. The van der Waals surface area contributed by atoms with Crippen LogP contribution in [0.4, 0.5) is 8.78 Å². The van der Waals surface area contributed by atoms with Crippen LogP contribution < -0.4 is 10.1 Å². The molecule has 2 aromatic rings. The Morgan fingerprint density at radius 2 is 1.81 bits per heavy atom. The van der Waals surface area contributed by atoms with Crippen LogP contribution in [0.15, 0.2) is 36.4 Å². The molecule has 0 heterocycles. The molecule has 5 nitrogen and oxygen atoms in total. The van der Waals surface area contributed by atoms with Gasteiger partial charge in [0.05, 0.1) is 12.7 Å². The molecule has 2 N–H and O–H groups in total. The third-order valence-corrected chi connectivity index (χ3v) is 4.12. The fourth-order valence-corrected chi connectivity index (χ4v) is 2.58. The van der Waals surface area contributed by atoms with Crippen molar-refractivity contribution >= 4 is 11.9 Å². The molecule has 0 bridgehead atoms. The Morgan fingerprint density at radius 3 is 2.37 bits per heavy atom. The van der Waals surface area contributed by atoms with E-state index in [-0.39, 0.29) is 29.5 Å². The van der Waals surface area contributed by atoms with Gasteiger partial charge in [0.2, 0.25) is 0 Å². The van der Waals surface area contributed by atoms with Crippen molar-refractivity contribution in [3.05, 3.63) is 53.6 Å². The molecule has 0 spiro atoms. The highest BCUT2D eigenvalue weighted by atomic mass is 19.1. The second-order valence-electron chi connectivity index (χ2n) is 6.77. The first-order chi connectivity index (χ1) is 12.6. The van der Waals surface area contributed by atoms with E-state index in [4.69, 9.17) is 9.84 Å². The number of rotatable bonds is 7. The van der Waals surface area contributed by atoms with Gasteiger partial charge in [-0.05, 0) is 50.1 Å². The van der Waals surface area contributed by atoms with Crippen LogP contribution >= 0.6 is 0 Å². The van der Waals surface area contributed by atoms with Gasteiger partial charge in [0, 0.05) is 23.6 Å². The summed E-state index contributed by atoms with van der Waals surface area (Å²) < 4.78 is 33.5. The van der Waals surface area contributed by atoms with E-state index in [1.54, 1.807) is 19.9 Å². The molecule has 0 saturated heterocycles. The quantitative estimate of drug-likeness (QED) is 0.764. The summed E-state index contributed by atoms with van der Waals surface area (Å²) in [4.78, 5) is 23.0. The molecule has 0 unspecified atom stereocenters. The number of aliphatic carboxylic acids is 1. The normalized spacial score (nSPS) is 11.1. The van der Waals surface area contributed by atoms with Crippen molar-refractivity contribution < 1.29 is 28.2 Å². The summed E-state index contributed by atoms with van der Waals surface area (Å²) in [5.41, 5.74) is -0.545. The molecule has 2 rings (SSSR count). The second-order valence-corrected chi connectivity index (χ2v) is 6.77. The van der Waals surface area contributed by atoms with Crippen LogP contribution in [-0.4, -0.2) is 29.6 Å². The van der Waals surface area contributed by atoms with Crippen molar-refractivity contribution in [2.45, 2.75) is 32.2 Å². The van der Waals surface area contributed by atoms with E-state index in [0.29, 0.717) is 5.75 Å². The number of carboxylic acid groups (broad SMARTS) is 1. The average molecular weight is 377 g/mol. The van der Waals surface area contributed by atoms with E-state index in [2.05, 4.69) is 5.32 Å². The lowest BCUT2D eigenvalue weighted by atomic mass is 9.97. The zero-order chi connectivity index (χ0) is 20.2. The number of ether oxygens (including phenoxy) is 1. The summed E-state index contributed by atoms with van der Waals surface area (Å²) in [6.45, 7) is 3.32. The standard InChI is InChI=1S/C20H21F2NO4/c1-20(2,9-8-18(24)25)23-19(26)15-6-4-12(10-16(15)21)14-7-5-13(27-3)11-17(14)22/h4-7,10-11H,8-9H2,1-3H3,(H,23,26)(H,24,25). The number of carbonyl (C=O) groups excluding carboxylic acids is 1. The van der Waals surface area contributed by atoms with Crippen molar-refractivity contribution in [1.82, 2.24) is 5.32 Å². The van der Waals surface area contributed by atoms with Crippen molar-refractivity contribution in [2.24, 2.45) is 0 Å². The second kappa shape index (κ2) is 8.16. The van der Waals surface area contributed by atoms with Crippen molar-refractivity contribution in [3.8, 4) is 16.9 Å². The highest BCUT2D eigenvalue weighted by Crippen LogP contribution is 2.28. The zero-order valence-electron chi connectivity index (χ0n) is 15.3. The third-order valence-electron chi connectivity index (χ3n) is 4.12. The molecular weight excluding hydrogens is 356 g/mol. The van der Waals surface area contributed by atoms with Crippen LogP contribution in [0.25, 0.3) is 11.1 Å². The van der Waals surface area contributed by atoms with Gasteiger partial charge in [0.15, 0.2) is 0 Å². The van der Waals surface area contributed by atoms with Crippen molar-refractivity contribution in [1.29, 1.82) is 0 Å². The summed E-state index contributed by atoms with van der Waals surface area (Å²) in [6, 6.07) is 8.03. The zero-order valence-corrected chi connectivity index (χ0v) is 15.3. The molecule has 0 aliphatic heterocycles. The Hall–Kier alpha value is -2.96. The van der Waals surface area contributed by atoms with Crippen molar-refractivity contribution in [2.75, 3.05) is 7.11 Å². The van der Waals surface area contributed by atoms with Gasteiger partial charge in [-0.1, -0.05) is 6.07 Å². The topological polar surface area (TPSA) is 75.6 Å². The summed E-state index contributed by atoms with van der Waals surface area (Å²) in [5.74, 6) is -2.66. The number of nitrogens with one attached hydrogen (secondary N) is 1. The largest absolute Gasteiger partial charge is 0.497 e. The minimum absolute atomic E-state index is 0.120. The monoisotopic (exact) mass is 377 g/mol. The van der Waals surface area contributed by atoms with Crippen LogP contribution in [0.5, 0.6) is 5.75 Å². The number of halogens is 2. The van der Waals surface area contributed by atoms with Gasteiger partial charge < -0.3 is 15.2 Å². The van der Waals surface area contributed by atoms with E-state index in [1.807, 2.05) is 0 Å². The summed E-state index contributed by atoms with van der Waals surface area (Å²) in [5, 5.41) is 11.4. The van der Waals surface area contributed by atoms with E-state index < -0.39 is 29.0 Å². The molecule has 0 aliphatic carbocycles. The molecule has 0 radical (unpaired) electrons. The lowest BCUT2D eigenvalue weighted by molar-refractivity contribution is -0.137. The first kappa shape index (κ1) is 20.4. The first-order valence-electron chi connectivity index (χ1n) is 8.31. The number of carbonyl (C=O) groups is 2. The smallest absolute Gasteiger partial charge is 0.303 e. The van der Waals surface area contributed by atoms with Gasteiger partial charge in [0.1, 0.15) is 17.4 Å². The number of benzene rings is 2. The summed E-state index contributed by atoms with van der Waals surface area (Å²) in [7, 11) is 1.42. The Balaban J connectivity index is 2.21. The Morgan fingerprint density at radius 1 is 1.11 bits per heavy atom. The van der Waals surface area contributed by atoms with E-state index in [0.717, 1.165) is 6.07 Å². The lowest BCUT2D eigenvalue weighted by Gasteiger charge is -2.25. The van der Waals surface area contributed by atoms with Gasteiger partial charge in [-0.3, -0.25) is 9.59 Å². The third kappa shape index (κ3) is 5.26. The molecular formula is C20H21F2NO4. The maximum Gasteiger partial charge on any atom is 0.303 e. The highest BCUT2D eigenvalue weighted by Gasteiger charge is 2.24. The Bertz CT molecular complexity index is 865.